The van der Waals surface area contributed by atoms with E-state index in [0.29, 0.717) is 0 Å². The Labute approximate surface area is 275 Å². The molecule has 4 nitrogen and oxygen atoms in total. The topological polar surface area (TPSA) is 43.6 Å². The maximum absolute atomic E-state index is 5.55. The Bertz CT molecular complexity index is 2200. The summed E-state index contributed by atoms with van der Waals surface area (Å²) in [6.45, 7) is 0. The zero-order chi connectivity index (χ0) is 31.0. The first-order valence-electron chi connectivity index (χ1n) is 17.2. The molecule has 47 heavy (non-hydrogen) atoms. The van der Waals surface area contributed by atoms with Gasteiger partial charge in [0, 0.05) is 32.9 Å². The van der Waals surface area contributed by atoms with Gasteiger partial charge in [0.1, 0.15) is 5.82 Å². The fourth-order valence-corrected chi connectivity index (χ4v) is 9.81. The molecule has 0 radical (unpaired) electrons. The van der Waals surface area contributed by atoms with Crippen molar-refractivity contribution in [3.63, 3.8) is 0 Å². The number of aromatic nitrogens is 4. The second-order valence-electron chi connectivity index (χ2n) is 14.3. The van der Waals surface area contributed by atoms with Gasteiger partial charge in [-0.25, -0.2) is 15.0 Å². The Balaban J connectivity index is 1.28. The van der Waals surface area contributed by atoms with E-state index in [-0.39, 0.29) is 5.41 Å². The summed E-state index contributed by atoms with van der Waals surface area (Å²) in [6, 6.07) is 45.4. The van der Waals surface area contributed by atoms with Crippen LogP contribution in [0.1, 0.15) is 44.3 Å². The minimum Gasteiger partial charge on any atom is -0.308 e. The van der Waals surface area contributed by atoms with Crippen molar-refractivity contribution in [3.8, 4) is 39.6 Å². The number of hydrogen-bond acceptors (Lipinski definition) is 3. The monoisotopic (exact) mass is 608 g/mol. The lowest BCUT2D eigenvalue weighted by molar-refractivity contribution is -0.00938. The van der Waals surface area contributed by atoms with Gasteiger partial charge in [0.2, 0.25) is 0 Å². The Hall–Kier alpha value is -5.09. The second kappa shape index (κ2) is 10.5. The first kappa shape index (κ1) is 27.1. The highest BCUT2D eigenvalue weighted by molar-refractivity contribution is 6.10. The van der Waals surface area contributed by atoms with Crippen LogP contribution in [0.25, 0.3) is 61.4 Å². The fraction of sp³-hybridized carbons (Fsp3) is 0.233. The van der Waals surface area contributed by atoms with E-state index >= 15 is 0 Å². The van der Waals surface area contributed by atoms with Crippen LogP contribution in [0.4, 0.5) is 0 Å². The van der Waals surface area contributed by atoms with Crippen molar-refractivity contribution in [2.75, 3.05) is 0 Å². The van der Waals surface area contributed by atoms with Gasteiger partial charge >= 0.3 is 0 Å². The summed E-state index contributed by atoms with van der Waals surface area (Å²) in [5.74, 6) is 4.96. The molecule has 0 aliphatic heterocycles. The highest BCUT2D eigenvalue weighted by Crippen LogP contribution is 2.60. The number of benzene rings is 5. The first-order chi connectivity index (χ1) is 23.2. The van der Waals surface area contributed by atoms with E-state index in [1.54, 1.807) is 0 Å². The number of hydrogen-bond donors (Lipinski definition) is 0. The van der Waals surface area contributed by atoms with Crippen LogP contribution in [0.5, 0.6) is 0 Å². The van der Waals surface area contributed by atoms with E-state index < -0.39 is 0 Å². The van der Waals surface area contributed by atoms with Gasteiger partial charge in [-0.05, 0) is 80.0 Å². The summed E-state index contributed by atoms with van der Waals surface area (Å²) in [7, 11) is 0. The molecular weight excluding hydrogens is 573 g/mol. The van der Waals surface area contributed by atoms with Crippen LogP contribution in [0.2, 0.25) is 0 Å². The highest BCUT2D eigenvalue weighted by atomic mass is 15.1. The third-order valence-electron chi connectivity index (χ3n) is 11.3. The molecule has 7 aromatic rings. The SMILES string of the molecule is c1ccc(-c2nc(-c3cccc(-c4ccccc4)c3-n3c4ccccc4c4ccccc43)nc(C34CC5CC(CC(C5)C3)C4)n2)cc1. The summed E-state index contributed by atoms with van der Waals surface area (Å²) in [5, 5.41) is 2.48. The zero-order valence-electron chi connectivity index (χ0n) is 26.4. The standard InChI is InChI=1S/C43H36N4/c1-3-12-31(13-4-1)33-18-11-19-36(39(33)47-37-20-9-7-16-34(37)35-17-8-10-21-38(35)47)41-44-40(32-14-5-2-6-15-32)45-42(46-41)43-25-28-22-29(26-43)24-30(23-28)27-43/h1-21,28-30H,22-27H2. The van der Waals surface area contributed by atoms with Crippen molar-refractivity contribution in [2.45, 2.75) is 43.9 Å². The molecule has 5 aromatic carbocycles. The summed E-state index contributed by atoms with van der Waals surface area (Å²) in [5.41, 5.74) is 7.91. The van der Waals surface area contributed by atoms with E-state index in [9.17, 15) is 0 Å². The second-order valence-corrected chi connectivity index (χ2v) is 14.3. The predicted octanol–water partition coefficient (Wildman–Crippen LogP) is 10.4. The van der Waals surface area contributed by atoms with Crippen LogP contribution in [-0.4, -0.2) is 19.5 Å². The van der Waals surface area contributed by atoms with E-state index in [0.717, 1.165) is 57.6 Å². The average Bonchev–Trinajstić information content (AvgIpc) is 3.45. The molecule has 0 saturated heterocycles. The van der Waals surface area contributed by atoms with Gasteiger partial charge in [-0.1, -0.05) is 109 Å². The molecule has 0 atom stereocenters. The van der Waals surface area contributed by atoms with Crippen LogP contribution in [0, 0.1) is 17.8 Å². The molecule has 2 aromatic heterocycles. The lowest BCUT2D eigenvalue weighted by atomic mass is 9.49. The van der Waals surface area contributed by atoms with Crippen LogP contribution in [-0.2, 0) is 5.41 Å². The molecule has 4 aliphatic rings. The van der Waals surface area contributed by atoms with Crippen molar-refractivity contribution >= 4 is 21.8 Å². The molecule has 4 bridgehead atoms. The van der Waals surface area contributed by atoms with Crippen LogP contribution >= 0.6 is 0 Å². The number of nitrogens with zero attached hydrogens (tertiary/aromatic N) is 4. The fourth-order valence-electron chi connectivity index (χ4n) is 9.81. The third-order valence-corrected chi connectivity index (χ3v) is 11.3. The van der Waals surface area contributed by atoms with E-state index in [1.165, 1.54) is 65.9 Å². The minimum absolute atomic E-state index is 0.0417. The molecule has 0 spiro atoms. The summed E-state index contributed by atoms with van der Waals surface area (Å²) >= 11 is 0. The van der Waals surface area contributed by atoms with Crippen molar-refractivity contribution in [2.24, 2.45) is 17.8 Å². The van der Waals surface area contributed by atoms with Crippen LogP contribution in [0.15, 0.2) is 127 Å². The van der Waals surface area contributed by atoms with Crippen LogP contribution in [0.3, 0.4) is 0 Å². The van der Waals surface area contributed by atoms with Gasteiger partial charge in [0.05, 0.1) is 16.7 Å². The molecule has 4 aliphatic carbocycles. The first-order valence-corrected chi connectivity index (χ1v) is 17.2. The van der Waals surface area contributed by atoms with E-state index in [1.807, 2.05) is 0 Å². The summed E-state index contributed by atoms with van der Waals surface area (Å²) in [6.07, 6.45) is 7.79. The molecule has 2 heterocycles. The van der Waals surface area contributed by atoms with Gasteiger partial charge in [0.15, 0.2) is 11.6 Å². The lowest BCUT2D eigenvalue weighted by Gasteiger charge is -2.56. The molecule has 11 rings (SSSR count). The van der Waals surface area contributed by atoms with E-state index in [4.69, 9.17) is 15.0 Å². The Kier molecular flexibility index (Phi) is 6.03. The smallest absolute Gasteiger partial charge is 0.165 e. The highest BCUT2D eigenvalue weighted by Gasteiger charge is 2.53. The Morgan fingerprint density at radius 3 is 1.60 bits per heavy atom. The van der Waals surface area contributed by atoms with Gasteiger partial charge in [-0.2, -0.15) is 0 Å². The van der Waals surface area contributed by atoms with E-state index in [2.05, 4.69) is 132 Å². The Morgan fingerprint density at radius 2 is 0.979 bits per heavy atom. The summed E-state index contributed by atoms with van der Waals surface area (Å²) < 4.78 is 2.44. The van der Waals surface area contributed by atoms with Crippen molar-refractivity contribution in [1.82, 2.24) is 19.5 Å². The number of para-hydroxylation sites is 3. The van der Waals surface area contributed by atoms with Gasteiger partial charge in [-0.15, -0.1) is 0 Å². The largest absolute Gasteiger partial charge is 0.308 e. The Morgan fingerprint density at radius 1 is 0.468 bits per heavy atom. The van der Waals surface area contributed by atoms with Gasteiger partial charge < -0.3 is 4.57 Å². The van der Waals surface area contributed by atoms with Crippen molar-refractivity contribution in [3.05, 3.63) is 133 Å². The zero-order valence-corrected chi connectivity index (χ0v) is 26.4. The molecule has 4 fully saturated rings. The van der Waals surface area contributed by atoms with Crippen molar-refractivity contribution < 1.29 is 0 Å². The molecule has 0 amide bonds. The molecule has 0 N–H and O–H groups in total. The molecule has 4 heteroatoms. The minimum atomic E-state index is 0.0417. The molecule has 0 unspecified atom stereocenters. The number of fused-ring (bicyclic) bond motifs is 3. The maximum atomic E-state index is 5.55. The lowest BCUT2D eigenvalue weighted by Crippen LogP contribution is -2.49. The summed E-state index contributed by atoms with van der Waals surface area (Å²) in [4.78, 5) is 16.2. The molecule has 4 saturated carbocycles. The van der Waals surface area contributed by atoms with Gasteiger partial charge in [-0.3, -0.25) is 0 Å². The van der Waals surface area contributed by atoms with Crippen LogP contribution < -0.4 is 0 Å². The maximum Gasteiger partial charge on any atom is 0.165 e. The third kappa shape index (κ3) is 4.31. The van der Waals surface area contributed by atoms with Gasteiger partial charge in [0.25, 0.3) is 0 Å². The number of rotatable bonds is 5. The van der Waals surface area contributed by atoms with Crippen molar-refractivity contribution in [1.29, 1.82) is 0 Å². The molecular formula is C43H36N4. The average molecular weight is 609 g/mol. The normalized spacial score (nSPS) is 23.1. The molecule has 228 valence electrons. The predicted molar refractivity (Wildman–Crippen MR) is 190 cm³/mol. The quantitative estimate of drug-likeness (QED) is 0.195.